The summed E-state index contributed by atoms with van der Waals surface area (Å²) in [5.74, 6) is 0.559. The second-order valence-electron chi connectivity index (χ2n) is 2.65. The molecule has 3 nitrogen and oxygen atoms in total. The van der Waals surface area contributed by atoms with Crippen LogP contribution in [-0.4, -0.2) is 24.4 Å². The van der Waals surface area contributed by atoms with E-state index in [9.17, 15) is 4.79 Å². The van der Waals surface area contributed by atoms with E-state index in [1.807, 2.05) is 0 Å². The molecule has 1 aromatic rings. The largest absolute Gasteiger partial charge is 0.495 e. The summed E-state index contributed by atoms with van der Waals surface area (Å²) in [7, 11) is 1.54. The third-order valence-corrected chi connectivity index (χ3v) is 2.48. The third kappa shape index (κ3) is 3.32. The third-order valence-electron chi connectivity index (χ3n) is 1.65. The number of alkyl halides is 1. The Labute approximate surface area is 101 Å². The maximum absolute atomic E-state index is 10.3. The molecule has 0 N–H and O–H groups in total. The van der Waals surface area contributed by atoms with E-state index in [-0.39, 0.29) is 0 Å². The SMILES string of the molecule is COc1cccc(N=CC(Br)C=O)c1Cl. The van der Waals surface area contributed by atoms with E-state index in [1.165, 1.54) is 13.3 Å². The first kappa shape index (κ1) is 12.2. The number of carbonyl (C=O) groups is 1. The number of methoxy groups -OCH3 is 1. The van der Waals surface area contributed by atoms with Gasteiger partial charge in [-0.3, -0.25) is 4.99 Å². The van der Waals surface area contributed by atoms with Gasteiger partial charge in [0.05, 0.1) is 12.8 Å². The summed E-state index contributed by atoms with van der Waals surface area (Å²) >= 11 is 9.10. The first-order valence-corrected chi connectivity index (χ1v) is 5.44. The minimum Gasteiger partial charge on any atom is -0.495 e. The summed E-state index contributed by atoms with van der Waals surface area (Å²) in [6.45, 7) is 0. The second kappa shape index (κ2) is 5.88. The highest BCUT2D eigenvalue weighted by Gasteiger charge is 2.05. The fourth-order valence-corrected chi connectivity index (χ4v) is 1.31. The van der Waals surface area contributed by atoms with Crippen LogP contribution in [0.15, 0.2) is 23.2 Å². The van der Waals surface area contributed by atoms with Crippen LogP contribution in [0, 0.1) is 0 Å². The molecule has 1 rings (SSSR count). The van der Waals surface area contributed by atoms with Gasteiger partial charge < -0.3 is 9.53 Å². The van der Waals surface area contributed by atoms with E-state index in [4.69, 9.17) is 16.3 Å². The maximum Gasteiger partial charge on any atom is 0.139 e. The molecule has 0 amide bonds. The zero-order valence-corrected chi connectivity index (χ0v) is 10.3. The Morgan fingerprint density at radius 1 is 1.60 bits per heavy atom. The molecule has 0 aliphatic heterocycles. The fourth-order valence-electron chi connectivity index (χ4n) is 0.943. The molecule has 5 heteroatoms. The predicted molar refractivity (Wildman–Crippen MR) is 64.9 cm³/mol. The van der Waals surface area contributed by atoms with Gasteiger partial charge in [-0.1, -0.05) is 33.6 Å². The quantitative estimate of drug-likeness (QED) is 0.486. The zero-order chi connectivity index (χ0) is 11.3. The van der Waals surface area contributed by atoms with E-state index >= 15 is 0 Å². The molecule has 15 heavy (non-hydrogen) atoms. The van der Waals surface area contributed by atoms with Crippen molar-refractivity contribution in [2.75, 3.05) is 7.11 Å². The van der Waals surface area contributed by atoms with Gasteiger partial charge >= 0.3 is 0 Å². The van der Waals surface area contributed by atoms with Crippen LogP contribution >= 0.6 is 27.5 Å². The van der Waals surface area contributed by atoms with Crippen LogP contribution in [0.3, 0.4) is 0 Å². The molecule has 0 heterocycles. The molecule has 0 bridgehead atoms. The smallest absolute Gasteiger partial charge is 0.139 e. The van der Waals surface area contributed by atoms with Gasteiger partial charge in [0.25, 0.3) is 0 Å². The number of aliphatic imine (C=N–C) groups is 1. The first-order chi connectivity index (χ1) is 7.19. The van der Waals surface area contributed by atoms with Crippen molar-refractivity contribution >= 4 is 45.7 Å². The van der Waals surface area contributed by atoms with E-state index in [2.05, 4.69) is 20.9 Å². The fraction of sp³-hybridized carbons (Fsp3) is 0.200. The van der Waals surface area contributed by atoms with Crippen LogP contribution in [0.1, 0.15) is 0 Å². The molecule has 1 unspecified atom stereocenters. The van der Waals surface area contributed by atoms with Crippen LogP contribution < -0.4 is 4.74 Å². The first-order valence-electron chi connectivity index (χ1n) is 4.15. The van der Waals surface area contributed by atoms with Gasteiger partial charge in [-0.05, 0) is 12.1 Å². The van der Waals surface area contributed by atoms with Crippen molar-refractivity contribution < 1.29 is 9.53 Å². The number of halogens is 2. The number of benzene rings is 1. The molecule has 0 saturated carbocycles. The number of carbonyl (C=O) groups excluding carboxylic acids is 1. The monoisotopic (exact) mass is 289 g/mol. The lowest BCUT2D eigenvalue weighted by atomic mass is 10.3. The number of aldehydes is 1. The number of hydrogen-bond donors (Lipinski definition) is 0. The van der Waals surface area contributed by atoms with Crippen LogP contribution in [0.25, 0.3) is 0 Å². The second-order valence-corrected chi connectivity index (χ2v) is 4.09. The number of nitrogens with zero attached hydrogens (tertiary/aromatic N) is 1. The van der Waals surface area contributed by atoms with Crippen LogP contribution in [0.2, 0.25) is 5.02 Å². The molecule has 80 valence electrons. The Balaban J connectivity index is 2.95. The molecule has 1 aromatic carbocycles. The van der Waals surface area contributed by atoms with E-state index in [0.717, 1.165) is 6.29 Å². The highest BCUT2D eigenvalue weighted by molar-refractivity contribution is 9.10. The molecule has 0 aliphatic carbocycles. The molecule has 0 aliphatic rings. The zero-order valence-electron chi connectivity index (χ0n) is 7.98. The Morgan fingerprint density at radius 3 is 2.93 bits per heavy atom. The van der Waals surface area contributed by atoms with Gasteiger partial charge in [0.15, 0.2) is 0 Å². The molecule has 0 spiro atoms. The van der Waals surface area contributed by atoms with Crippen LogP contribution in [0.5, 0.6) is 5.75 Å². The molecule has 1 atom stereocenters. The highest BCUT2D eigenvalue weighted by atomic mass is 79.9. The van der Waals surface area contributed by atoms with Crippen molar-refractivity contribution in [1.29, 1.82) is 0 Å². The van der Waals surface area contributed by atoms with Gasteiger partial charge in [0.1, 0.15) is 21.9 Å². The standard InChI is InChI=1S/C10H9BrClNO2/c1-15-9-4-2-3-8(10(9)12)13-5-7(11)6-14/h2-7H,1H3. The van der Waals surface area contributed by atoms with Crippen molar-refractivity contribution in [2.24, 2.45) is 4.99 Å². The normalized spacial score (nSPS) is 12.7. The van der Waals surface area contributed by atoms with E-state index in [1.54, 1.807) is 18.2 Å². The molecular weight excluding hydrogens is 281 g/mol. The predicted octanol–water partition coefficient (Wildman–Crippen LogP) is 3.01. The summed E-state index contributed by atoms with van der Waals surface area (Å²) < 4.78 is 5.03. The minimum absolute atomic E-state index is 0.403. The summed E-state index contributed by atoms with van der Waals surface area (Å²) in [5.41, 5.74) is 0.572. The lowest BCUT2D eigenvalue weighted by Crippen LogP contribution is -1.98. The van der Waals surface area contributed by atoms with Gasteiger partial charge in [0, 0.05) is 6.21 Å². The minimum atomic E-state index is -0.403. The van der Waals surface area contributed by atoms with Crippen molar-refractivity contribution in [3.05, 3.63) is 23.2 Å². The Hall–Kier alpha value is -0.870. The molecular formula is C10H9BrClNO2. The van der Waals surface area contributed by atoms with E-state index in [0.29, 0.717) is 16.5 Å². The summed E-state index contributed by atoms with van der Waals surface area (Å²) in [4.78, 5) is 14.0. The van der Waals surface area contributed by atoms with Gasteiger partial charge in [0.2, 0.25) is 0 Å². The molecule has 0 radical (unpaired) electrons. The molecule has 0 saturated heterocycles. The van der Waals surface area contributed by atoms with E-state index < -0.39 is 4.83 Å². The van der Waals surface area contributed by atoms with Crippen molar-refractivity contribution in [3.63, 3.8) is 0 Å². The lowest BCUT2D eigenvalue weighted by Gasteiger charge is -2.04. The number of rotatable bonds is 4. The van der Waals surface area contributed by atoms with Gasteiger partial charge in [-0.25, -0.2) is 0 Å². The summed E-state index contributed by atoms with van der Waals surface area (Å²) in [5, 5.41) is 0.432. The molecule has 0 fully saturated rings. The van der Waals surface area contributed by atoms with Crippen LogP contribution in [-0.2, 0) is 4.79 Å². The lowest BCUT2D eigenvalue weighted by molar-refractivity contribution is -0.106. The van der Waals surface area contributed by atoms with Crippen LogP contribution in [0.4, 0.5) is 5.69 Å². The number of ether oxygens (including phenoxy) is 1. The summed E-state index contributed by atoms with van der Waals surface area (Å²) in [6.07, 6.45) is 2.20. The Bertz CT molecular complexity index is 382. The topological polar surface area (TPSA) is 38.7 Å². The average molecular weight is 291 g/mol. The summed E-state index contributed by atoms with van der Waals surface area (Å²) in [6, 6.07) is 5.26. The van der Waals surface area contributed by atoms with Crippen molar-refractivity contribution in [2.45, 2.75) is 4.83 Å². The van der Waals surface area contributed by atoms with Gasteiger partial charge in [-0.15, -0.1) is 0 Å². The maximum atomic E-state index is 10.3. The number of hydrogen-bond acceptors (Lipinski definition) is 3. The average Bonchev–Trinajstić information content (AvgIpc) is 2.27. The highest BCUT2D eigenvalue weighted by Crippen LogP contribution is 2.33. The van der Waals surface area contributed by atoms with Crippen molar-refractivity contribution in [3.8, 4) is 5.75 Å². The Kier molecular flexibility index (Phi) is 4.78. The van der Waals surface area contributed by atoms with Gasteiger partial charge in [-0.2, -0.15) is 0 Å². The molecule has 0 aromatic heterocycles. The Morgan fingerprint density at radius 2 is 2.33 bits per heavy atom. The van der Waals surface area contributed by atoms with Crippen molar-refractivity contribution in [1.82, 2.24) is 0 Å².